The van der Waals surface area contributed by atoms with Gasteiger partial charge in [-0.1, -0.05) is 18.2 Å². The third-order valence-corrected chi connectivity index (χ3v) is 4.70. The van der Waals surface area contributed by atoms with E-state index in [4.69, 9.17) is 4.42 Å². The van der Waals surface area contributed by atoms with Crippen molar-refractivity contribution in [2.45, 2.75) is 6.54 Å². The number of hydrogen-bond donors (Lipinski definition) is 1. The van der Waals surface area contributed by atoms with Crippen LogP contribution in [0.15, 0.2) is 52.9 Å². The second-order valence-corrected chi connectivity index (χ2v) is 7.51. The average Bonchev–Trinajstić information content (AvgIpc) is 3.00. The summed E-state index contributed by atoms with van der Waals surface area (Å²) in [4.78, 5) is 16.4. The standard InChI is InChI=1S/C17H16FN3O4S/c1-26(23,24)21(13-6-4-5-12(18)9-13)11-16(22)19-10-17-20-14-7-2-3-8-15(14)25-17/h2-9H,10-11H2,1H3,(H,19,22). The number of anilines is 1. The smallest absolute Gasteiger partial charge is 0.241 e. The highest BCUT2D eigenvalue weighted by Crippen LogP contribution is 2.18. The zero-order valence-corrected chi connectivity index (χ0v) is 14.7. The molecule has 136 valence electrons. The van der Waals surface area contributed by atoms with Gasteiger partial charge in [0.25, 0.3) is 0 Å². The highest BCUT2D eigenvalue weighted by atomic mass is 32.2. The van der Waals surface area contributed by atoms with Crippen LogP contribution >= 0.6 is 0 Å². The maximum absolute atomic E-state index is 13.4. The monoisotopic (exact) mass is 377 g/mol. The normalized spacial score (nSPS) is 11.5. The molecule has 0 radical (unpaired) electrons. The van der Waals surface area contributed by atoms with Crippen LogP contribution in [0.4, 0.5) is 10.1 Å². The topological polar surface area (TPSA) is 92.5 Å². The molecular weight excluding hydrogens is 361 g/mol. The summed E-state index contributed by atoms with van der Waals surface area (Å²) in [5.41, 5.74) is 1.33. The molecule has 0 aliphatic heterocycles. The molecule has 3 rings (SSSR count). The Kier molecular flexibility index (Phi) is 4.90. The van der Waals surface area contributed by atoms with Crippen LogP contribution in [-0.2, 0) is 21.4 Å². The van der Waals surface area contributed by atoms with E-state index >= 15 is 0 Å². The molecule has 7 nitrogen and oxygen atoms in total. The fourth-order valence-corrected chi connectivity index (χ4v) is 3.24. The summed E-state index contributed by atoms with van der Waals surface area (Å²) >= 11 is 0. The number of para-hydroxylation sites is 2. The van der Waals surface area contributed by atoms with Crippen LogP contribution in [0.2, 0.25) is 0 Å². The van der Waals surface area contributed by atoms with Gasteiger partial charge < -0.3 is 9.73 Å². The molecule has 1 aromatic heterocycles. The Hall–Kier alpha value is -2.94. The summed E-state index contributed by atoms with van der Waals surface area (Å²) in [6, 6.07) is 12.2. The van der Waals surface area contributed by atoms with E-state index in [2.05, 4.69) is 10.3 Å². The highest BCUT2D eigenvalue weighted by molar-refractivity contribution is 7.92. The molecule has 3 aromatic rings. The molecule has 1 heterocycles. The summed E-state index contributed by atoms with van der Waals surface area (Å²) in [7, 11) is -3.77. The minimum atomic E-state index is -3.77. The first-order valence-corrected chi connectivity index (χ1v) is 9.52. The lowest BCUT2D eigenvalue weighted by Crippen LogP contribution is -2.40. The van der Waals surface area contributed by atoms with Crippen molar-refractivity contribution in [3.05, 3.63) is 60.2 Å². The number of sulfonamides is 1. The van der Waals surface area contributed by atoms with Gasteiger partial charge in [0.15, 0.2) is 5.58 Å². The molecule has 2 aromatic carbocycles. The van der Waals surface area contributed by atoms with Gasteiger partial charge >= 0.3 is 0 Å². The van der Waals surface area contributed by atoms with Gasteiger partial charge in [-0.2, -0.15) is 0 Å². The van der Waals surface area contributed by atoms with Crippen molar-refractivity contribution in [1.29, 1.82) is 0 Å². The van der Waals surface area contributed by atoms with Gasteiger partial charge in [0.1, 0.15) is 17.9 Å². The molecule has 0 unspecified atom stereocenters. The molecule has 1 N–H and O–H groups in total. The summed E-state index contributed by atoms with van der Waals surface area (Å²) in [6.07, 6.45) is 0.950. The quantitative estimate of drug-likeness (QED) is 0.710. The van der Waals surface area contributed by atoms with Gasteiger partial charge in [0.2, 0.25) is 21.8 Å². The van der Waals surface area contributed by atoms with E-state index in [0.717, 1.165) is 16.6 Å². The van der Waals surface area contributed by atoms with Crippen LogP contribution in [0.25, 0.3) is 11.1 Å². The SMILES string of the molecule is CS(=O)(=O)N(CC(=O)NCc1nc2ccccc2o1)c1cccc(F)c1. The van der Waals surface area contributed by atoms with E-state index in [1.807, 2.05) is 6.07 Å². The number of halogens is 1. The van der Waals surface area contributed by atoms with Gasteiger partial charge in [-0.3, -0.25) is 9.10 Å². The number of fused-ring (bicyclic) bond motifs is 1. The van der Waals surface area contributed by atoms with Crippen LogP contribution in [0, 0.1) is 5.82 Å². The number of nitrogens with one attached hydrogen (secondary N) is 1. The summed E-state index contributed by atoms with van der Waals surface area (Å²) in [5.74, 6) is -0.860. The van der Waals surface area contributed by atoms with E-state index in [1.54, 1.807) is 18.2 Å². The molecule has 1 amide bonds. The summed E-state index contributed by atoms with van der Waals surface area (Å²) in [6.45, 7) is -0.475. The Morgan fingerprint density at radius 2 is 2.00 bits per heavy atom. The minimum Gasteiger partial charge on any atom is -0.439 e. The van der Waals surface area contributed by atoms with E-state index in [9.17, 15) is 17.6 Å². The molecular formula is C17H16FN3O4S. The molecule has 0 bridgehead atoms. The van der Waals surface area contributed by atoms with Crippen LogP contribution < -0.4 is 9.62 Å². The number of carbonyl (C=O) groups is 1. The molecule has 0 atom stereocenters. The highest BCUT2D eigenvalue weighted by Gasteiger charge is 2.21. The van der Waals surface area contributed by atoms with Crippen LogP contribution in [-0.4, -0.2) is 32.1 Å². The van der Waals surface area contributed by atoms with E-state index < -0.39 is 28.3 Å². The second-order valence-electron chi connectivity index (χ2n) is 5.60. The zero-order chi connectivity index (χ0) is 18.7. The minimum absolute atomic E-state index is 0.00820. The average molecular weight is 377 g/mol. The van der Waals surface area contributed by atoms with Crippen molar-refractivity contribution in [3.8, 4) is 0 Å². The number of rotatable bonds is 6. The number of nitrogens with zero attached hydrogens (tertiary/aromatic N) is 2. The molecule has 0 aliphatic rings. The molecule has 0 saturated carbocycles. The van der Waals surface area contributed by atoms with Crippen molar-refractivity contribution in [2.24, 2.45) is 0 Å². The van der Waals surface area contributed by atoms with Crippen LogP contribution in [0.3, 0.4) is 0 Å². The fourth-order valence-electron chi connectivity index (χ4n) is 2.39. The number of carbonyl (C=O) groups excluding carboxylic acids is 1. The lowest BCUT2D eigenvalue weighted by molar-refractivity contribution is -0.119. The first kappa shape index (κ1) is 17.9. The largest absolute Gasteiger partial charge is 0.439 e. The molecule has 0 spiro atoms. The Labute approximate surface area is 149 Å². The summed E-state index contributed by atoms with van der Waals surface area (Å²) < 4.78 is 43.6. The van der Waals surface area contributed by atoms with Gasteiger partial charge in [0.05, 0.1) is 18.5 Å². The third kappa shape index (κ3) is 4.17. The Morgan fingerprint density at radius 3 is 2.69 bits per heavy atom. The maximum atomic E-state index is 13.4. The predicted molar refractivity (Wildman–Crippen MR) is 94.4 cm³/mol. The maximum Gasteiger partial charge on any atom is 0.241 e. The molecule has 26 heavy (non-hydrogen) atoms. The third-order valence-electron chi connectivity index (χ3n) is 3.56. The number of aromatic nitrogens is 1. The predicted octanol–water partition coefficient (Wildman–Crippen LogP) is 2.05. The van der Waals surface area contributed by atoms with Crippen LogP contribution in [0.1, 0.15) is 5.89 Å². The number of benzene rings is 2. The Morgan fingerprint density at radius 1 is 1.23 bits per heavy atom. The lowest BCUT2D eigenvalue weighted by atomic mass is 10.3. The van der Waals surface area contributed by atoms with Crippen molar-refractivity contribution >= 4 is 32.7 Å². The number of amides is 1. The Bertz CT molecular complexity index is 1020. The lowest BCUT2D eigenvalue weighted by Gasteiger charge is -2.21. The van der Waals surface area contributed by atoms with E-state index in [0.29, 0.717) is 17.0 Å². The van der Waals surface area contributed by atoms with Gasteiger partial charge in [-0.05, 0) is 30.3 Å². The zero-order valence-electron chi connectivity index (χ0n) is 13.8. The van der Waals surface area contributed by atoms with Crippen LogP contribution in [0.5, 0.6) is 0 Å². The first-order chi connectivity index (χ1) is 12.3. The Balaban J connectivity index is 1.70. The van der Waals surface area contributed by atoms with Gasteiger partial charge in [-0.25, -0.2) is 17.8 Å². The fraction of sp³-hybridized carbons (Fsp3) is 0.176. The van der Waals surface area contributed by atoms with Crippen molar-refractivity contribution in [2.75, 3.05) is 17.1 Å². The second kappa shape index (κ2) is 7.12. The van der Waals surface area contributed by atoms with Gasteiger partial charge in [0, 0.05) is 0 Å². The van der Waals surface area contributed by atoms with Crippen molar-refractivity contribution in [1.82, 2.24) is 10.3 Å². The van der Waals surface area contributed by atoms with Crippen molar-refractivity contribution < 1.29 is 22.0 Å². The number of hydrogen-bond acceptors (Lipinski definition) is 5. The summed E-state index contributed by atoms with van der Waals surface area (Å²) in [5, 5.41) is 2.55. The van der Waals surface area contributed by atoms with Gasteiger partial charge in [-0.15, -0.1) is 0 Å². The molecule has 0 fully saturated rings. The number of oxazole rings is 1. The van der Waals surface area contributed by atoms with Crippen molar-refractivity contribution in [3.63, 3.8) is 0 Å². The van der Waals surface area contributed by atoms with E-state index in [1.165, 1.54) is 18.2 Å². The molecule has 0 aliphatic carbocycles. The first-order valence-electron chi connectivity index (χ1n) is 7.67. The molecule has 0 saturated heterocycles. The van der Waals surface area contributed by atoms with E-state index in [-0.39, 0.29) is 12.2 Å². The molecule has 9 heteroatoms.